The van der Waals surface area contributed by atoms with Crippen LogP contribution in [-0.2, 0) is 0 Å². The summed E-state index contributed by atoms with van der Waals surface area (Å²) in [5.74, 6) is 3.49. The molecule has 21 heavy (non-hydrogen) atoms. The van der Waals surface area contributed by atoms with Gasteiger partial charge < -0.3 is 5.11 Å². The van der Waals surface area contributed by atoms with Crippen LogP contribution in [0.15, 0.2) is 12.2 Å². The minimum absolute atomic E-state index is 0.182. The van der Waals surface area contributed by atoms with Crippen LogP contribution in [0.25, 0.3) is 0 Å². The van der Waals surface area contributed by atoms with Crippen LogP contribution in [-0.4, -0.2) is 10.7 Å². The van der Waals surface area contributed by atoms with Gasteiger partial charge in [-0.2, -0.15) is 0 Å². The maximum atomic E-state index is 10.9. The number of aliphatic hydroxyl groups is 1. The second-order valence-electron chi connectivity index (χ2n) is 9.34. The number of fused-ring (bicyclic) bond motifs is 5. The average Bonchev–Trinajstić information content (AvgIpc) is 2.69. The molecule has 0 aromatic rings. The maximum Gasteiger partial charge on any atom is 0.0675 e. The average molecular weight is 288 g/mol. The number of allylic oxidation sites excluding steroid dienone is 2. The highest BCUT2D eigenvalue weighted by Crippen LogP contribution is 2.67. The molecule has 118 valence electrons. The summed E-state index contributed by atoms with van der Waals surface area (Å²) in [5.41, 5.74) is 0.308. The van der Waals surface area contributed by atoms with Gasteiger partial charge in [0.1, 0.15) is 0 Å². The Hall–Kier alpha value is -0.300. The minimum atomic E-state index is -0.424. The van der Waals surface area contributed by atoms with Crippen LogP contribution in [0.5, 0.6) is 0 Å². The number of hydrogen-bond acceptors (Lipinski definition) is 1. The first-order valence-corrected chi connectivity index (χ1v) is 9.26. The molecule has 0 heterocycles. The molecule has 4 aliphatic carbocycles. The molecule has 7 atom stereocenters. The fourth-order valence-corrected chi connectivity index (χ4v) is 7.08. The lowest BCUT2D eigenvalue weighted by Crippen LogP contribution is -2.55. The summed E-state index contributed by atoms with van der Waals surface area (Å²) in [5, 5.41) is 10.9. The van der Waals surface area contributed by atoms with Gasteiger partial charge in [-0.15, -0.1) is 0 Å². The Morgan fingerprint density at radius 2 is 1.67 bits per heavy atom. The minimum Gasteiger partial charge on any atom is -0.390 e. The highest BCUT2D eigenvalue weighted by Gasteiger charge is 2.62. The van der Waals surface area contributed by atoms with Gasteiger partial charge in [0.15, 0.2) is 0 Å². The van der Waals surface area contributed by atoms with Crippen molar-refractivity contribution in [2.75, 3.05) is 0 Å². The van der Waals surface area contributed by atoms with E-state index in [1.165, 1.54) is 44.9 Å². The molecule has 0 aliphatic heterocycles. The van der Waals surface area contributed by atoms with Crippen molar-refractivity contribution in [1.82, 2.24) is 0 Å². The van der Waals surface area contributed by atoms with E-state index in [2.05, 4.69) is 32.9 Å². The number of hydrogen-bond donors (Lipinski definition) is 1. The standard InChI is InChI=1S/C20H32O/c1-18-11-5-4-6-14(18)7-8-15-16(18)9-12-19(2)17(15)10-13-20(19,3)21/h4-5,14-17,21H,6-13H2,1-3H3/t14-,15-,16+,17+,18+,19+,20+/m0/s1. The van der Waals surface area contributed by atoms with Crippen LogP contribution >= 0.6 is 0 Å². The zero-order chi connectivity index (χ0) is 14.9. The molecule has 3 saturated carbocycles. The largest absolute Gasteiger partial charge is 0.390 e. The van der Waals surface area contributed by atoms with Crippen molar-refractivity contribution in [3.63, 3.8) is 0 Å². The predicted molar refractivity (Wildman–Crippen MR) is 86.9 cm³/mol. The third-order valence-electron chi connectivity index (χ3n) is 8.77. The van der Waals surface area contributed by atoms with Gasteiger partial charge in [-0.05, 0) is 92.8 Å². The first kappa shape index (κ1) is 14.3. The molecule has 4 rings (SSSR count). The smallest absolute Gasteiger partial charge is 0.0675 e. The quantitative estimate of drug-likeness (QED) is 0.626. The van der Waals surface area contributed by atoms with Crippen LogP contribution in [0.2, 0.25) is 0 Å². The molecule has 0 aromatic heterocycles. The van der Waals surface area contributed by atoms with Crippen molar-refractivity contribution in [3.05, 3.63) is 12.2 Å². The topological polar surface area (TPSA) is 20.2 Å². The Labute approximate surface area is 130 Å². The third-order valence-corrected chi connectivity index (χ3v) is 8.77. The van der Waals surface area contributed by atoms with Gasteiger partial charge in [0.25, 0.3) is 0 Å². The van der Waals surface area contributed by atoms with Crippen LogP contribution < -0.4 is 0 Å². The van der Waals surface area contributed by atoms with Gasteiger partial charge in [-0.25, -0.2) is 0 Å². The molecule has 0 bridgehead atoms. The van der Waals surface area contributed by atoms with Crippen LogP contribution in [0.4, 0.5) is 0 Å². The van der Waals surface area contributed by atoms with Gasteiger partial charge in [-0.3, -0.25) is 0 Å². The molecular weight excluding hydrogens is 256 g/mol. The zero-order valence-corrected chi connectivity index (χ0v) is 14.1. The molecule has 0 saturated heterocycles. The zero-order valence-electron chi connectivity index (χ0n) is 14.1. The van der Waals surface area contributed by atoms with E-state index >= 15 is 0 Å². The molecule has 1 heteroatoms. The number of rotatable bonds is 0. The monoisotopic (exact) mass is 288 g/mol. The van der Waals surface area contributed by atoms with Crippen molar-refractivity contribution in [1.29, 1.82) is 0 Å². The van der Waals surface area contributed by atoms with Gasteiger partial charge >= 0.3 is 0 Å². The van der Waals surface area contributed by atoms with Crippen LogP contribution in [0.3, 0.4) is 0 Å². The van der Waals surface area contributed by atoms with Gasteiger partial charge in [0, 0.05) is 0 Å². The molecule has 0 radical (unpaired) electrons. The summed E-state index contributed by atoms with van der Waals surface area (Å²) in [4.78, 5) is 0. The van der Waals surface area contributed by atoms with E-state index in [1.807, 2.05) is 0 Å². The molecule has 0 amide bonds. The Balaban J connectivity index is 1.68. The molecule has 1 N–H and O–H groups in total. The van der Waals surface area contributed by atoms with Crippen molar-refractivity contribution in [3.8, 4) is 0 Å². The second-order valence-corrected chi connectivity index (χ2v) is 9.34. The van der Waals surface area contributed by atoms with Crippen molar-refractivity contribution in [2.45, 2.75) is 77.7 Å². The highest BCUT2D eigenvalue weighted by molar-refractivity contribution is 5.14. The molecular formula is C20H32O. The van der Waals surface area contributed by atoms with E-state index in [0.717, 1.165) is 30.1 Å². The fourth-order valence-electron chi connectivity index (χ4n) is 7.08. The fraction of sp³-hybridized carbons (Fsp3) is 0.900. The summed E-state index contributed by atoms with van der Waals surface area (Å²) in [7, 11) is 0. The summed E-state index contributed by atoms with van der Waals surface area (Å²) >= 11 is 0. The SMILES string of the molecule is C[C@@]12CC=CC[C@H]1CC[C@H]1[C@H]2CC[C@]2(C)[C@@H]1CC[C@@]2(C)O. The van der Waals surface area contributed by atoms with Crippen LogP contribution in [0.1, 0.15) is 72.1 Å². The summed E-state index contributed by atoms with van der Waals surface area (Å²) in [6, 6.07) is 0. The lowest BCUT2D eigenvalue weighted by molar-refractivity contribution is -0.138. The molecule has 0 aromatic carbocycles. The first-order valence-electron chi connectivity index (χ1n) is 9.26. The molecule has 0 unspecified atom stereocenters. The molecule has 0 spiro atoms. The Morgan fingerprint density at radius 1 is 0.905 bits per heavy atom. The van der Waals surface area contributed by atoms with Crippen molar-refractivity contribution >= 4 is 0 Å². The predicted octanol–water partition coefficient (Wildman–Crippen LogP) is 4.95. The highest BCUT2D eigenvalue weighted by atomic mass is 16.3. The summed E-state index contributed by atoms with van der Waals surface area (Å²) < 4.78 is 0. The van der Waals surface area contributed by atoms with E-state index in [0.29, 0.717) is 5.41 Å². The van der Waals surface area contributed by atoms with E-state index < -0.39 is 5.60 Å². The summed E-state index contributed by atoms with van der Waals surface area (Å²) in [6.45, 7) is 7.11. The Morgan fingerprint density at radius 3 is 2.48 bits per heavy atom. The van der Waals surface area contributed by atoms with Gasteiger partial charge in [0.05, 0.1) is 5.60 Å². The Kier molecular flexibility index (Phi) is 2.98. The lowest BCUT2D eigenvalue weighted by atomic mass is 9.45. The normalized spacial score (nSPS) is 59.2. The third kappa shape index (κ3) is 1.73. The molecule has 3 fully saturated rings. The van der Waals surface area contributed by atoms with Crippen molar-refractivity contribution in [2.24, 2.45) is 34.5 Å². The van der Waals surface area contributed by atoms with Crippen LogP contribution in [0, 0.1) is 34.5 Å². The van der Waals surface area contributed by atoms with Gasteiger partial charge in [-0.1, -0.05) is 26.0 Å². The van der Waals surface area contributed by atoms with E-state index in [-0.39, 0.29) is 5.41 Å². The summed E-state index contributed by atoms with van der Waals surface area (Å²) in [6.07, 6.45) is 15.3. The molecule has 1 nitrogen and oxygen atoms in total. The second kappa shape index (κ2) is 4.37. The van der Waals surface area contributed by atoms with Crippen molar-refractivity contribution < 1.29 is 5.11 Å². The maximum absolute atomic E-state index is 10.9. The molecule has 4 aliphatic rings. The Bertz CT molecular complexity index is 464. The van der Waals surface area contributed by atoms with E-state index in [9.17, 15) is 5.11 Å². The van der Waals surface area contributed by atoms with E-state index in [4.69, 9.17) is 0 Å². The lowest BCUT2D eigenvalue weighted by Gasteiger charge is -2.60. The van der Waals surface area contributed by atoms with Gasteiger partial charge in [0.2, 0.25) is 0 Å². The van der Waals surface area contributed by atoms with E-state index in [1.54, 1.807) is 0 Å². The first-order chi connectivity index (χ1) is 9.88.